The zero-order chi connectivity index (χ0) is 16.0. The molecular formula is C14H12Br2O5. The van der Waals surface area contributed by atoms with Gasteiger partial charge >= 0.3 is 5.97 Å². The molecule has 0 atom stereocenters. The van der Waals surface area contributed by atoms with Gasteiger partial charge in [-0.3, -0.25) is 0 Å². The average Bonchev–Trinajstić information content (AvgIpc) is 2.44. The summed E-state index contributed by atoms with van der Waals surface area (Å²) in [6, 6.07) is 9.17. The van der Waals surface area contributed by atoms with Crippen LogP contribution in [0.15, 0.2) is 45.3 Å². The van der Waals surface area contributed by atoms with Gasteiger partial charge in [0.15, 0.2) is 0 Å². The van der Waals surface area contributed by atoms with Crippen molar-refractivity contribution in [3.05, 3.63) is 56.5 Å². The third-order valence-electron chi connectivity index (χ3n) is 2.40. The highest BCUT2D eigenvalue weighted by molar-refractivity contribution is 9.10. The second-order valence-corrected chi connectivity index (χ2v) is 5.73. The van der Waals surface area contributed by atoms with E-state index in [0.29, 0.717) is 10.0 Å². The summed E-state index contributed by atoms with van der Waals surface area (Å²) < 4.78 is 1.49. The Balaban J connectivity index is 0.000000211. The summed E-state index contributed by atoms with van der Waals surface area (Å²) in [5, 5.41) is 35.2. The van der Waals surface area contributed by atoms with Crippen molar-refractivity contribution in [2.24, 2.45) is 0 Å². The Morgan fingerprint density at radius 3 is 1.90 bits per heavy atom. The SMILES string of the molecule is O=C(O)c1cc(Br)ccc1O.OCc1cc(Br)ccc1O. The summed E-state index contributed by atoms with van der Waals surface area (Å²) in [6.45, 7) is -0.134. The van der Waals surface area contributed by atoms with E-state index in [4.69, 9.17) is 20.4 Å². The van der Waals surface area contributed by atoms with Gasteiger partial charge in [-0.2, -0.15) is 0 Å². The highest BCUT2D eigenvalue weighted by atomic mass is 79.9. The number of aromatic carboxylic acids is 1. The van der Waals surface area contributed by atoms with Crippen LogP contribution in [0.3, 0.4) is 0 Å². The number of carboxylic acid groups (broad SMARTS) is 1. The van der Waals surface area contributed by atoms with Crippen LogP contribution in [0.1, 0.15) is 15.9 Å². The van der Waals surface area contributed by atoms with Crippen molar-refractivity contribution in [2.75, 3.05) is 0 Å². The molecule has 0 bridgehead atoms. The molecule has 0 fully saturated rings. The monoisotopic (exact) mass is 418 g/mol. The van der Waals surface area contributed by atoms with Crippen molar-refractivity contribution in [1.29, 1.82) is 0 Å². The lowest BCUT2D eigenvalue weighted by Gasteiger charge is -1.99. The fourth-order valence-electron chi connectivity index (χ4n) is 1.36. The van der Waals surface area contributed by atoms with Crippen molar-refractivity contribution in [2.45, 2.75) is 6.61 Å². The van der Waals surface area contributed by atoms with Gasteiger partial charge in [-0.25, -0.2) is 4.79 Å². The number of hydrogen-bond donors (Lipinski definition) is 4. The number of rotatable bonds is 2. The van der Waals surface area contributed by atoms with Gasteiger partial charge in [0.05, 0.1) is 6.61 Å². The van der Waals surface area contributed by atoms with Crippen LogP contribution in [0.2, 0.25) is 0 Å². The highest BCUT2D eigenvalue weighted by Gasteiger charge is 2.08. The van der Waals surface area contributed by atoms with Crippen LogP contribution >= 0.6 is 31.9 Å². The molecule has 21 heavy (non-hydrogen) atoms. The number of carboxylic acids is 1. The lowest BCUT2D eigenvalue weighted by atomic mass is 10.2. The van der Waals surface area contributed by atoms with Crippen LogP contribution in [0.5, 0.6) is 11.5 Å². The summed E-state index contributed by atoms with van der Waals surface area (Å²) in [6.07, 6.45) is 0. The van der Waals surface area contributed by atoms with E-state index < -0.39 is 5.97 Å². The summed E-state index contributed by atoms with van der Waals surface area (Å²) in [4.78, 5) is 10.4. The molecule has 4 N–H and O–H groups in total. The topological polar surface area (TPSA) is 98.0 Å². The molecule has 0 saturated heterocycles. The van der Waals surface area contributed by atoms with E-state index in [-0.39, 0.29) is 23.7 Å². The van der Waals surface area contributed by atoms with Gasteiger partial charge in [0.25, 0.3) is 0 Å². The summed E-state index contributed by atoms with van der Waals surface area (Å²) in [5.41, 5.74) is 0.439. The lowest BCUT2D eigenvalue weighted by molar-refractivity contribution is 0.0693. The van der Waals surface area contributed by atoms with Crippen LogP contribution in [0.4, 0.5) is 0 Å². The van der Waals surface area contributed by atoms with Gasteiger partial charge in [0, 0.05) is 14.5 Å². The summed E-state index contributed by atoms with van der Waals surface area (Å²) >= 11 is 6.30. The van der Waals surface area contributed by atoms with Crippen molar-refractivity contribution in [3.8, 4) is 11.5 Å². The Hall–Kier alpha value is -1.57. The minimum absolute atomic E-state index is 0.0978. The normalized spacial score (nSPS) is 9.67. The van der Waals surface area contributed by atoms with Crippen LogP contribution in [0.25, 0.3) is 0 Å². The molecule has 0 aromatic heterocycles. The van der Waals surface area contributed by atoms with Crippen LogP contribution in [0, 0.1) is 0 Å². The molecule has 2 aromatic carbocycles. The Labute approximate surface area is 137 Å². The maximum atomic E-state index is 10.4. The van der Waals surface area contributed by atoms with Gasteiger partial charge in [0.1, 0.15) is 17.1 Å². The largest absolute Gasteiger partial charge is 0.508 e. The molecule has 7 heteroatoms. The van der Waals surface area contributed by atoms with Crippen LogP contribution < -0.4 is 0 Å². The van der Waals surface area contributed by atoms with E-state index in [1.807, 2.05) is 0 Å². The number of aliphatic hydroxyl groups excluding tert-OH is 1. The fourth-order valence-corrected chi connectivity index (χ4v) is 2.13. The van der Waals surface area contributed by atoms with Crippen molar-refractivity contribution in [3.63, 3.8) is 0 Å². The molecule has 112 valence electrons. The fraction of sp³-hybridized carbons (Fsp3) is 0.0714. The predicted molar refractivity (Wildman–Crippen MR) is 84.5 cm³/mol. The first-order chi connectivity index (χ1) is 9.85. The van der Waals surface area contributed by atoms with Crippen LogP contribution in [-0.2, 0) is 6.61 Å². The van der Waals surface area contributed by atoms with Gasteiger partial charge in [-0.05, 0) is 36.4 Å². The first-order valence-electron chi connectivity index (χ1n) is 5.65. The predicted octanol–water partition coefficient (Wildman–Crippen LogP) is 3.50. The maximum absolute atomic E-state index is 10.4. The second-order valence-electron chi connectivity index (χ2n) is 3.90. The minimum Gasteiger partial charge on any atom is -0.508 e. The molecular weight excluding hydrogens is 408 g/mol. The molecule has 0 aliphatic rings. The lowest BCUT2D eigenvalue weighted by Crippen LogP contribution is -1.95. The minimum atomic E-state index is -1.14. The summed E-state index contributed by atoms with van der Waals surface area (Å²) in [5.74, 6) is -1.23. The third-order valence-corrected chi connectivity index (χ3v) is 3.39. The van der Waals surface area contributed by atoms with Crippen molar-refractivity contribution >= 4 is 37.8 Å². The molecule has 0 heterocycles. The van der Waals surface area contributed by atoms with E-state index in [0.717, 1.165) is 4.47 Å². The zero-order valence-corrected chi connectivity index (χ0v) is 13.8. The number of aliphatic hydroxyl groups is 1. The number of carbonyl (C=O) groups is 1. The van der Waals surface area contributed by atoms with E-state index in [1.54, 1.807) is 18.2 Å². The van der Waals surface area contributed by atoms with Crippen LogP contribution in [-0.4, -0.2) is 26.4 Å². The van der Waals surface area contributed by atoms with Crippen molar-refractivity contribution < 1.29 is 25.2 Å². The van der Waals surface area contributed by atoms with E-state index >= 15 is 0 Å². The molecule has 0 aliphatic carbocycles. The molecule has 0 saturated carbocycles. The Morgan fingerprint density at radius 1 is 0.952 bits per heavy atom. The molecule has 0 unspecified atom stereocenters. The van der Waals surface area contributed by atoms with E-state index in [9.17, 15) is 4.79 Å². The maximum Gasteiger partial charge on any atom is 0.339 e. The standard InChI is InChI=1S/C7H5BrO3.C7H7BrO2/c8-4-1-2-6(9)5(3-4)7(10)11;8-6-1-2-7(10)5(3-6)4-9/h1-3,9H,(H,10,11);1-3,9-10H,4H2. The van der Waals surface area contributed by atoms with E-state index in [2.05, 4.69) is 31.9 Å². The molecule has 0 spiro atoms. The van der Waals surface area contributed by atoms with E-state index in [1.165, 1.54) is 18.2 Å². The second kappa shape index (κ2) is 8.02. The first kappa shape index (κ1) is 17.5. The molecule has 2 aromatic rings. The molecule has 0 aliphatic heterocycles. The quantitative estimate of drug-likeness (QED) is 0.597. The zero-order valence-electron chi connectivity index (χ0n) is 10.6. The van der Waals surface area contributed by atoms with Gasteiger partial charge in [0.2, 0.25) is 0 Å². The van der Waals surface area contributed by atoms with Gasteiger partial charge in [-0.1, -0.05) is 31.9 Å². The molecule has 0 radical (unpaired) electrons. The number of phenols is 2. The average molecular weight is 420 g/mol. The number of halogens is 2. The molecule has 2 rings (SSSR count). The number of benzene rings is 2. The van der Waals surface area contributed by atoms with Gasteiger partial charge in [-0.15, -0.1) is 0 Å². The summed E-state index contributed by atoms with van der Waals surface area (Å²) in [7, 11) is 0. The highest BCUT2D eigenvalue weighted by Crippen LogP contribution is 2.22. The number of aromatic hydroxyl groups is 2. The van der Waals surface area contributed by atoms with Gasteiger partial charge < -0.3 is 20.4 Å². The smallest absolute Gasteiger partial charge is 0.339 e. The van der Waals surface area contributed by atoms with Crippen molar-refractivity contribution in [1.82, 2.24) is 0 Å². The first-order valence-corrected chi connectivity index (χ1v) is 7.23. The Kier molecular flexibility index (Phi) is 6.67. The Morgan fingerprint density at radius 2 is 1.48 bits per heavy atom. The molecule has 0 amide bonds. The Bertz CT molecular complexity index is 643. The third kappa shape index (κ3) is 5.37. The molecule has 5 nitrogen and oxygen atoms in total. The number of hydrogen-bond acceptors (Lipinski definition) is 4.